The number of aliphatic hydroxyl groups excluding tert-OH is 1. The van der Waals surface area contributed by atoms with Gasteiger partial charge in [-0.25, -0.2) is 4.79 Å². The Morgan fingerprint density at radius 2 is 2.06 bits per heavy atom. The molecule has 17 heavy (non-hydrogen) atoms. The fraction of sp³-hybridized carbons (Fsp3) is 0.917. The molecule has 2 amide bonds. The second-order valence-corrected chi connectivity index (χ2v) is 4.91. The van der Waals surface area contributed by atoms with Crippen molar-refractivity contribution in [2.24, 2.45) is 0 Å². The first-order valence-electron chi connectivity index (χ1n) is 6.42. The van der Waals surface area contributed by atoms with Crippen LogP contribution in [0.5, 0.6) is 0 Å². The molecule has 0 spiro atoms. The van der Waals surface area contributed by atoms with Crippen molar-refractivity contribution >= 4 is 6.03 Å². The van der Waals surface area contributed by atoms with Gasteiger partial charge in [-0.1, -0.05) is 6.92 Å². The SMILES string of the molecule is CCC(O)CNC1CCN(C(=O)N(C)C)CC1. The number of nitrogens with zero attached hydrogens (tertiary/aromatic N) is 2. The summed E-state index contributed by atoms with van der Waals surface area (Å²) in [6.07, 6.45) is 2.47. The van der Waals surface area contributed by atoms with Crippen LogP contribution in [0.2, 0.25) is 0 Å². The highest BCUT2D eigenvalue weighted by Gasteiger charge is 2.23. The number of likely N-dealkylation sites (tertiary alicyclic amines) is 1. The van der Waals surface area contributed by atoms with Gasteiger partial charge in [0.15, 0.2) is 0 Å². The molecule has 2 N–H and O–H groups in total. The van der Waals surface area contributed by atoms with Gasteiger partial charge in [0.05, 0.1) is 6.10 Å². The summed E-state index contributed by atoms with van der Waals surface area (Å²) in [5.74, 6) is 0. The van der Waals surface area contributed by atoms with Gasteiger partial charge < -0.3 is 20.2 Å². The van der Waals surface area contributed by atoms with Gasteiger partial charge in [0.2, 0.25) is 0 Å². The summed E-state index contributed by atoms with van der Waals surface area (Å²) in [5.41, 5.74) is 0. The number of aliphatic hydroxyl groups is 1. The third-order valence-electron chi connectivity index (χ3n) is 3.26. The molecule has 1 aliphatic rings. The number of hydrogen-bond acceptors (Lipinski definition) is 3. The smallest absolute Gasteiger partial charge is 0.319 e. The Bertz CT molecular complexity index is 238. The lowest BCUT2D eigenvalue weighted by molar-refractivity contribution is 0.138. The number of nitrogens with one attached hydrogen (secondary N) is 1. The van der Waals surface area contributed by atoms with Crippen LogP contribution in [0, 0.1) is 0 Å². The number of carbonyl (C=O) groups excluding carboxylic acids is 1. The second kappa shape index (κ2) is 6.81. The molecule has 1 rings (SSSR count). The highest BCUT2D eigenvalue weighted by molar-refractivity contribution is 5.73. The molecule has 5 heteroatoms. The van der Waals surface area contributed by atoms with E-state index in [0.29, 0.717) is 12.6 Å². The van der Waals surface area contributed by atoms with Crippen LogP contribution < -0.4 is 5.32 Å². The lowest BCUT2D eigenvalue weighted by Crippen LogP contribution is -2.49. The van der Waals surface area contributed by atoms with Crippen molar-refractivity contribution in [2.45, 2.75) is 38.3 Å². The Morgan fingerprint density at radius 1 is 1.47 bits per heavy atom. The minimum atomic E-state index is -0.253. The lowest BCUT2D eigenvalue weighted by atomic mass is 10.0. The van der Waals surface area contributed by atoms with Crippen molar-refractivity contribution in [3.8, 4) is 0 Å². The molecule has 1 atom stereocenters. The third kappa shape index (κ3) is 4.52. The molecule has 0 bridgehead atoms. The minimum absolute atomic E-state index is 0.0945. The number of piperidine rings is 1. The van der Waals surface area contributed by atoms with Gasteiger partial charge in [0.25, 0.3) is 0 Å². The molecule has 0 aliphatic carbocycles. The quantitative estimate of drug-likeness (QED) is 0.755. The lowest BCUT2D eigenvalue weighted by Gasteiger charge is -2.34. The van der Waals surface area contributed by atoms with Crippen molar-refractivity contribution < 1.29 is 9.90 Å². The average Bonchev–Trinajstić information content (AvgIpc) is 2.35. The van der Waals surface area contributed by atoms with E-state index in [0.717, 1.165) is 32.4 Å². The Hall–Kier alpha value is -0.810. The van der Waals surface area contributed by atoms with E-state index in [-0.39, 0.29) is 12.1 Å². The molecular weight excluding hydrogens is 218 g/mol. The molecule has 0 radical (unpaired) electrons. The zero-order chi connectivity index (χ0) is 12.8. The highest BCUT2D eigenvalue weighted by atomic mass is 16.3. The van der Waals surface area contributed by atoms with Crippen LogP contribution in [0.4, 0.5) is 4.79 Å². The van der Waals surface area contributed by atoms with E-state index < -0.39 is 0 Å². The standard InChI is InChI=1S/C12H25N3O2/c1-4-11(16)9-13-10-5-7-15(8-6-10)12(17)14(2)3/h10-11,13,16H,4-9H2,1-3H3. The second-order valence-electron chi connectivity index (χ2n) is 4.91. The van der Waals surface area contributed by atoms with E-state index >= 15 is 0 Å². The fourth-order valence-corrected chi connectivity index (χ4v) is 2.00. The summed E-state index contributed by atoms with van der Waals surface area (Å²) in [6.45, 7) is 4.24. The largest absolute Gasteiger partial charge is 0.392 e. The van der Waals surface area contributed by atoms with Gasteiger partial charge in [0.1, 0.15) is 0 Å². The molecule has 1 heterocycles. The van der Waals surface area contributed by atoms with E-state index in [9.17, 15) is 9.90 Å². The van der Waals surface area contributed by atoms with Crippen molar-refractivity contribution in [3.63, 3.8) is 0 Å². The maximum absolute atomic E-state index is 11.7. The molecule has 0 aromatic carbocycles. The summed E-state index contributed by atoms with van der Waals surface area (Å²) in [4.78, 5) is 15.2. The Kier molecular flexibility index (Phi) is 5.71. The molecule has 100 valence electrons. The minimum Gasteiger partial charge on any atom is -0.392 e. The van der Waals surface area contributed by atoms with E-state index in [4.69, 9.17) is 0 Å². The van der Waals surface area contributed by atoms with Gasteiger partial charge >= 0.3 is 6.03 Å². The average molecular weight is 243 g/mol. The summed E-state index contributed by atoms with van der Waals surface area (Å²) in [6, 6.07) is 0.527. The first-order valence-corrected chi connectivity index (χ1v) is 6.42. The van der Waals surface area contributed by atoms with Crippen LogP contribution in [0.1, 0.15) is 26.2 Å². The van der Waals surface area contributed by atoms with Gasteiger partial charge in [-0.3, -0.25) is 0 Å². The maximum atomic E-state index is 11.7. The molecule has 5 nitrogen and oxygen atoms in total. The van der Waals surface area contributed by atoms with Crippen molar-refractivity contribution in [1.82, 2.24) is 15.1 Å². The summed E-state index contributed by atoms with van der Waals surface area (Å²) >= 11 is 0. The predicted molar refractivity (Wildman–Crippen MR) is 68.0 cm³/mol. The van der Waals surface area contributed by atoms with Crippen molar-refractivity contribution in [1.29, 1.82) is 0 Å². The van der Waals surface area contributed by atoms with Crippen LogP contribution in [0.15, 0.2) is 0 Å². The van der Waals surface area contributed by atoms with Gasteiger partial charge in [0, 0.05) is 39.8 Å². The molecule has 0 aromatic rings. The number of rotatable bonds is 4. The molecule has 1 unspecified atom stereocenters. The van der Waals surface area contributed by atoms with Gasteiger partial charge in [-0.15, -0.1) is 0 Å². The molecule has 1 saturated heterocycles. The van der Waals surface area contributed by atoms with E-state index in [1.54, 1.807) is 19.0 Å². The van der Waals surface area contributed by atoms with Gasteiger partial charge in [-0.2, -0.15) is 0 Å². The Balaban J connectivity index is 2.24. The van der Waals surface area contributed by atoms with Gasteiger partial charge in [-0.05, 0) is 19.3 Å². The van der Waals surface area contributed by atoms with Crippen molar-refractivity contribution in [2.75, 3.05) is 33.7 Å². The number of amides is 2. The monoisotopic (exact) mass is 243 g/mol. The van der Waals surface area contributed by atoms with E-state index in [2.05, 4.69) is 5.32 Å². The topological polar surface area (TPSA) is 55.8 Å². The van der Waals surface area contributed by atoms with E-state index in [1.807, 2.05) is 11.8 Å². The molecular formula is C12H25N3O2. The summed E-state index contributed by atoms with van der Waals surface area (Å²) in [7, 11) is 3.56. The highest BCUT2D eigenvalue weighted by Crippen LogP contribution is 2.11. The van der Waals surface area contributed by atoms with Crippen molar-refractivity contribution in [3.05, 3.63) is 0 Å². The predicted octanol–water partition coefficient (Wildman–Crippen LogP) is 0.493. The molecule has 1 fully saturated rings. The Morgan fingerprint density at radius 3 is 2.53 bits per heavy atom. The number of carbonyl (C=O) groups is 1. The number of hydrogen-bond donors (Lipinski definition) is 2. The van der Waals surface area contributed by atoms with Crippen LogP contribution in [0.25, 0.3) is 0 Å². The van der Waals surface area contributed by atoms with Crippen LogP contribution >= 0.6 is 0 Å². The Labute approximate surface area is 104 Å². The maximum Gasteiger partial charge on any atom is 0.319 e. The first kappa shape index (κ1) is 14.3. The molecule has 0 aromatic heterocycles. The van der Waals surface area contributed by atoms with Crippen LogP contribution in [-0.4, -0.2) is 66.8 Å². The molecule has 0 saturated carbocycles. The number of urea groups is 1. The zero-order valence-corrected chi connectivity index (χ0v) is 11.1. The molecule has 1 aliphatic heterocycles. The normalized spacial score (nSPS) is 19.2. The third-order valence-corrected chi connectivity index (χ3v) is 3.26. The van der Waals surface area contributed by atoms with Crippen LogP contribution in [-0.2, 0) is 0 Å². The van der Waals surface area contributed by atoms with Crippen LogP contribution in [0.3, 0.4) is 0 Å². The zero-order valence-electron chi connectivity index (χ0n) is 11.1. The summed E-state index contributed by atoms with van der Waals surface area (Å²) < 4.78 is 0. The fourth-order valence-electron chi connectivity index (χ4n) is 2.00. The van der Waals surface area contributed by atoms with E-state index in [1.165, 1.54) is 0 Å². The first-order chi connectivity index (χ1) is 8.04. The summed E-state index contributed by atoms with van der Waals surface area (Å²) in [5, 5.41) is 12.8.